The smallest absolute Gasteiger partial charge is 0.310 e. The van der Waals surface area contributed by atoms with E-state index in [1.54, 1.807) is 0 Å². The molecule has 0 amide bonds. The van der Waals surface area contributed by atoms with Crippen molar-refractivity contribution in [3.8, 4) is 0 Å². The first-order valence-corrected chi connectivity index (χ1v) is 4.74. The summed E-state index contributed by atoms with van der Waals surface area (Å²) >= 11 is 0. The van der Waals surface area contributed by atoms with Crippen molar-refractivity contribution < 1.29 is 34.1 Å². The number of rotatable bonds is 3. The molecule has 0 radical (unpaired) electrons. The molecule has 0 aliphatic rings. The maximum Gasteiger partial charge on any atom is 0.310 e. The minimum absolute atomic E-state index is 0.562. The molecule has 0 aromatic rings. The lowest BCUT2D eigenvalue weighted by Gasteiger charge is -2.09. The van der Waals surface area contributed by atoms with Crippen molar-refractivity contribution in [2.75, 3.05) is 0 Å². The number of esters is 2. The molecule has 0 fully saturated rings. The summed E-state index contributed by atoms with van der Waals surface area (Å²) in [6.45, 7) is 5.12. The number of carboxylic acid groups (broad SMARTS) is 2. The van der Waals surface area contributed by atoms with Gasteiger partial charge in [-0.3, -0.25) is 19.2 Å². The molecule has 0 aromatic heterocycles. The lowest BCUT2D eigenvalue weighted by atomic mass is 9.97. The van der Waals surface area contributed by atoms with Gasteiger partial charge >= 0.3 is 23.9 Å². The number of hydrogen-bond acceptors (Lipinski definition) is 5. The maximum atomic E-state index is 10.2. The predicted octanol–water partition coefficient (Wildman–Crippen LogP) is 0.524. The lowest BCUT2D eigenvalue weighted by molar-refractivity contribution is -0.156. The maximum absolute atomic E-state index is 10.2. The fourth-order valence-electron chi connectivity index (χ4n) is 0.630. The Morgan fingerprint density at radius 1 is 0.824 bits per heavy atom. The average molecular weight is 248 g/mol. The van der Waals surface area contributed by atoms with Crippen LogP contribution in [0.5, 0.6) is 0 Å². The molecule has 0 saturated carbocycles. The number of hydrogen-bond donors (Lipinski definition) is 2. The molecule has 98 valence electrons. The van der Waals surface area contributed by atoms with Gasteiger partial charge in [-0.15, -0.1) is 0 Å². The SMILES string of the molecule is CC(=O)OC(C)=O.CC(C(=O)O)C(C)C(=O)O. The molecule has 0 aliphatic heterocycles. The van der Waals surface area contributed by atoms with Gasteiger partial charge in [-0.2, -0.15) is 0 Å². The third kappa shape index (κ3) is 10.4. The Hall–Kier alpha value is -1.92. The first kappa shape index (κ1) is 17.5. The molecular formula is C10H16O7. The summed E-state index contributed by atoms with van der Waals surface area (Å²) in [7, 11) is 0. The van der Waals surface area contributed by atoms with Crippen LogP contribution in [0.25, 0.3) is 0 Å². The zero-order valence-corrected chi connectivity index (χ0v) is 10.1. The van der Waals surface area contributed by atoms with Crippen molar-refractivity contribution in [3.63, 3.8) is 0 Å². The van der Waals surface area contributed by atoms with Crippen LogP contribution in [0.2, 0.25) is 0 Å². The van der Waals surface area contributed by atoms with E-state index in [1.165, 1.54) is 27.7 Å². The number of carboxylic acids is 2. The lowest BCUT2D eigenvalue weighted by Crippen LogP contribution is -2.24. The van der Waals surface area contributed by atoms with Crippen molar-refractivity contribution in [2.24, 2.45) is 11.8 Å². The second-order valence-corrected chi connectivity index (χ2v) is 3.34. The first-order chi connectivity index (χ1) is 7.59. The fraction of sp³-hybridized carbons (Fsp3) is 0.600. The Bertz CT molecular complexity index is 278. The van der Waals surface area contributed by atoms with E-state index in [0.717, 1.165) is 0 Å². The summed E-state index contributed by atoms with van der Waals surface area (Å²) in [5.74, 6) is -4.92. The highest BCUT2D eigenvalue weighted by atomic mass is 16.6. The number of aliphatic carboxylic acids is 2. The second kappa shape index (κ2) is 8.26. The molecule has 0 heterocycles. The van der Waals surface area contributed by atoms with Crippen LogP contribution in [-0.4, -0.2) is 34.1 Å². The van der Waals surface area contributed by atoms with Gasteiger partial charge in [0.25, 0.3) is 0 Å². The molecule has 0 aliphatic carbocycles. The highest BCUT2D eigenvalue weighted by molar-refractivity contribution is 5.82. The summed E-state index contributed by atoms with van der Waals surface area (Å²) in [6.07, 6.45) is 0. The van der Waals surface area contributed by atoms with E-state index in [2.05, 4.69) is 4.74 Å². The quantitative estimate of drug-likeness (QED) is 0.552. The third-order valence-corrected chi connectivity index (χ3v) is 1.82. The molecule has 2 atom stereocenters. The van der Waals surface area contributed by atoms with Crippen LogP contribution >= 0.6 is 0 Å². The Kier molecular flexibility index (Phi) is 8.49. The van der Waals surface area contributed by atoms with Crippen LogP contribution in [0.3, 0.4) is 0 Å². The molecule has 0 spiro atoms. The van der Waals surface area contributed by atoms with Crippen LogP contribution < -0.4 is 0 Å². The third-order valence-electron chi connectivity index (χ3n) is 1.82. The van der Waals surface area contributed by atoms with E-state index >= 15 is 0 Å². The highest BCUT2D eigenvalue weighted by Crippen LogP contribution is 2.10. The zero-order valence-electron chi connectivity index (χ0n) is 10.1. The summed E-state index contributed by atoms with van der Waals surface area (Å²) < 4.78 is 3.97. The molecular weight excluding hydrogens is 232 g/mol. The molecule has 7 heteroatoms. The van der Waals surface area contributed by atoms with Gasteiger partial charge in [-0.25, -0.2) is 0 Å². The molecule has 0 saturated heterocycles. The van der Waals surface area contributed by atoms with Gasteiger partial charge in [-0.05, 0) is 0 Å². The van der Waals surface area contributed by atoms with Gasteiger partial charge < -0.3 is 14.9 Å². The molecule has 2 unspecified atom stereocenters. The molecule has 0 aromatic carbocycles. The summed E-state index contributed by atoms with van der Waals surface area (Å²) in [5.41, 5.74) is 0. The van der Waals surface area contributed by atoms with Gasteiger partial charge in [-0.1, -0.05) is 13.8 Å². The Balaban J connectivity index is 0. The minimum Gasteiger partial charge on any atom is -0.481 e. The standard InChI is InChI=1S/C6H10O4.C4H6O3/c1-3(5(7)8)4(2)6(9)10;1-3(5)7-4(2)6/h3-4H,1-2H3,(H,7,8)(H,9,10);1-2H3. The van der Waals surface area contributed by atoms with Crippen molar-refractivity contribution >= 4 is 23.9 Å². The monoisotopic (exact) mass is 248 g/mol. The van der Waals surface area contributed by atoms with E-state index in [-0.39, 0.29) is 0 Å². The van der Waals surface area contributed by atoms with Gasteiger partial charge in [0.2, 0.25) is 0 Å². The van der Waals surface area contributed by atoms with Crippen molar-refractivity contribution in [1.82, 2.24) is 0 Å². The Labute approximate surface area is 98.4 Å². The molecule has 7 nitrogen and oxygen atoms in total. The largest absolute Gasteiger partial charge is 0.481 e. The molecule has 0 bridgehead atoms. The average Bonchev–Trinajstić information content (AvgIpc) is 2.13. The summed E-state index contributed by atoms with van der Waals surface area (Å²) in [4.78, 5) is 40.0. The Morgan fingerprint density at radius 3 is 1.12 bits per heavy atom. The minimum atomic E-state index is -1.07. The number of carbonyl (C=O) groups excluding carboxylic acids is 2. The van der Waals surface area contributed by atoms with Crippen molar-refractivity contribution in [3.05, 3.63) is 0 Å². The number of ether oxygens (including phenoxy) is 1. The zero-order chi connectivity index (χ0) is 14.2. The molecule has 2 N–H and O–H groups in total. The van der Waals surface area contributed by atoms with Crippen LogP contribution in [0.4, 0.5) is 0 Å². The van der Waals surface area contributed by atoms with Crippen LogP contribution in [-0.2, 0) is 23.9 Å². The first-order valence-electron chi connectivity index (χ1n) is 4.74. The van der Waals surface area contributed by atoms with E-state index in [1.807, 2.05) is 0 Å². The van der Waals surface area contributed by atoms with E-state index in [4.69, 9.17) is 10.2 Å². The molecule has 17 heavy (non-hydrogen) atoms. The summed E-state index contributed by atoms with van der Waals surface area (Å²) in [5, 5.41) is 16.7. The van der Waals surface area contributed by atoms with Crippen molar-refractivity contribution in [2.45, 2.75) is 27.7 Å². The van der Waals surface area contributed by atoms with Crippen LogP contribution in [0, 0.1) is 11.8 Å². The topological polar surface area (TPSA) is 118 Å². The van der Waals surface area contributed by atoms with E-state index < -0.39 is 35.7 Å². The van der Waals surface area contributed by atoms with E-state index in [9.17, 15) is 19.2 Å². The highest BCUT2D eigenvalue weighted by Gasteiger charge is 2.24. The normalized spacial score (nSPS) is 12.5. The Morgan fingerprint density at radius 2 is 1.06 bits per heavy atom. The van der Waals surface area contributed by atoms with E-state index in [0.29, 0.717) is 0 Å². The molecule has 0 rings (SSSR count). The van der Waals surface area contributed by atoms with Gasteiger partial charge in [0.15, 0.2) is 0 Å². The van der Waals surface area contributed by atoms with Crippen LogP contribution in [0.1, 0.15) is 27.7 Å². The predicted molar refractivity (Wildman–Crippen MR) is 56.0 cm³/mol. The van der Waals surface area contributed by atoms with Gasteiger partial charge in [0.05, 0.1) is 11.8 Å². The fourth-order valence-corrected chi connectivity index (χ4v) is 0.630. The second-order valence-electron chi connectivity index (χ2n) is 3.34. The van der Waals surface area contributed by atoms with Crippen molar-refractivity contribution in [1.29, 1.82) is 0 Å². The van der Waals surface area contributed by atoms with Gasteiger partial charge in [0, 0.05) is 13.8 Å². The summed E-state index contributed by atoms with van der Waals surface area (Å²) in [6, 6.07) is 0. The number of carbonyl (C=O) groups is 4. The van der Waals surface area contributed by atoms with Gasteiger partial charge in [0.1, 0.15) is 0 Å². The van der Waals surface area contributed by atoms with Crippen LogP contribution in [0.15, 0.2) is 0 Å².